The Kier molecular flexibility index (Phi) is 11.1. The number of hydrogen-bond donors (Lipinski definition) is 3. The predicted octanol–water partition coefficient (Wildman–Crippen LogP) is 4.94. The van der Waals surface area contributed by atoms with E-state index in [4.69, 9.17) is 15.2 Å². The van der Waals surface area contributed by atoms with Crippen LogP contribution in [0.25, 0.3) is 0 Å². The monoisotopic (exact) mass is 512 g/mol. The summed E-state index contributed by atoms with van der Waals surface area (Å²) in [5, 5.41) is 13.4. The van der Waals surface area contributed by atoms with E-state index in [0.29, 0.717) is 24.8 Å². The van der Waals surface area contributed by atoms with E-state index in [-0.39, 0.29) is 18.9 Å². The van der Waals surface area contributed by atoms with Gasteiger partial charge in [-0.2, -0.15) is 0 Å². The van der Waals surface area contributed by atoms with Crippen LogP contribution < -0.4 is 11.1 Å². The van der Waals surface area contributed by atoms with Crippen LogP contribution in [-0.2, 0) is 20.9 Å². The fourth-order valence-corrected chi connectivity index (χ4v) is 4.72. The topological polar surface area (TPSA) is 111 Å². The summed E-state index contributed by atoms with van der Waals surface area (Å²) in [7, 11) is 0. The molecule has 1 fully saturated rings. The molecule has 4 N–H and O–H groups in total. The standard InChI is InChI=1S/C27H42F2N2O5/c1-5-12-20(30)27(28,29)23(32)22(31-25(34)35-17-18-13-8-6-9-14-18)21(19-15-10-7-11-16-19)24(33)36-26(2,3)4/h6,8-9,13-14,19-23,32H,5,7,10-12,15-17,30H2,1-4H3,(H,31,34). The van der Waals surface area contributed by atoms with Crippen molar-refractivity contribution in [2.45, 2.75) is 109 Å². The number of amides is 1. The van der Waals surface area contributed by atoms with Gasteiger partial charge in [-0.1, -0.05) is 62.9 Å². The molecule has 9 heteroatoms. The fourth-order valence-electron chi connectivity index (χ4n) is 4.72. The molecular weight excluding hydrogens is 470 g/mol. The molecule has 1 aromatic rings. The van der Waals surface area contributed by atoms with Crippen LogP contribution in [0.15, 0.2) is 30.3 Å². The zero-order valence-electron chi connectivity index (χ0n) is 21.8. The maximum Gasteiger partial charge on any atom is 0.407 e. The zero-order chi connectivity index (χ0) is 26.9. The van der Waals surface area contributed by atoms with Crippen molar-refractivity contribution in [3.8, 4) is 0 Å². The molecule has 4 unspecified atom stereocenters. The molecule has 0 aromatic heterocycles. The van der Waals surface area contributed by atoms with Crippen LogP contribution in [0.2, 0.25) is 0 Å². The minimum absolute atomic E-state index is 0.0320. The maximum atomic E-state index is 15.4. The smallest absolute Gasteiger partial charge is 0.407 e. The lowest BCUT2D eigenvalue weighted by Crippen LogP contribution is -2.63. The second-order valence-electron chi connectivity index (χ2n) is 10.7. The summed E-state index contributed by atoms with van der Waals surface area (Å²) < 4.78 is 41.6. The number of nitrogens with two attached hydrogens (primary N) is 1. The first-order chi connectivity index (χ1) is 16.9. The van der Waals surface area contributed by atoms with Crippen LogP contribution in [0, 0.1) is 11.8 Å². The van der Waals surface area contributed by atoms with Crippen molar-refractivity contribution >= 4 is 12.1 Å². The van der Waals surface area contributed by atoms with Gasteiger partial charge >= 0.3 is 12.1 Å². The number of alkyl carbamates (subject to hydrolysis) is 1. The van der Waals surface area contributed by atoms with Gasteiger partial charge in [0.25, 0.3) is 5.92 Å². The first kappa shape index (κ1) is 30.0. The number of hydrogen-bond acceptors (Lipinski definition) is 6. The second kappa shape index (κ2) is 13.3. The van der Waals surface area contributed by atoms with Gasteiger partial charge in [-0.3, -0.25) is 4.79 Å². The number of nitrogens with one attached hydrogen (secondary N) is 1. The fraction of sp³-hybridized carbons (Fsp3) is 0.704. The Bertz CT molecular complexity index is 825. The summed E-state index contributed by atoms with van der Waals surface area (Å²) in [4.78, 5) is 26.2. The SMILES string of the molecule is CCCC(N)C(F)(F)C(O)C(NC(=O)OCc1ccccc1)C(C(=O)OC(C)(C)C)C1CCCCC1. The average molecular weight is 513 g/mol. The van der Waals surface area contributed by atoms with Gasteiger partial charge in [-0.25, -0.2) is 13.6 Å². The van der Waals surface area contributed by atoms with E-state index in [1.807, 2.05) is 6.07 Å². The Hall–Kier alpha value is -2.26. The Labute approximate surface area is 213 Å². The summed E-state index contributed by atoms with van der Waals surface area (Å²) in [6.45, 7) is 6.66. The molecule has 0 bridgehead atoms. The molecule has 0 saturated heterocycles. The van der Waals surface area contributed by atoms with Gasteiger partial charge in [-0.15, -0.1) is 0 Å². The van der Waals surface area contributed by atoms with Gasteiger partial charge in [0.15, 0.2) is 0 Å². The molecular formula is C27H42F2N2O5. The van der Waals surface area contributed by atoms with Crippen molar-refractivity contribution in [1.82, 2.24) is 5.32 Å². The zero-order valence-corrected chi connectivity index (χ0v) is 21.8. The van der Waals surface area contributed by atoms with Crippen molar-refractivity contribution in [3.63, 3.8) is 0 Å². The molecule has 0 heterocycles. The number of esters is 1. The van der Waals surface area contributed by atoms with Gasteiger partial charge in [0.2, 0.25) is 0 Å². The lowest BCUT2D eigenvalue weighted by Gasteiger charge is -2.40. The largest absolute Gasteiger partial charge is 0.460 e. The number of carbonyl (C=O) groups is 2. The lowest BCUT2D eigenvalue weighted by molar-refractivity contribution is -0.175. The highest BCUT2D eigenvalue weighted by atomic mass is 19.3. The Morgan fingerprint density at radius 2 is 1.75 bits per heavy atom. The van der Waals surface area contributed by atoms with Gasteiger partial charge in [0.1, 0.15) is 18.3 Å². The molecule has 1 amide bonds. The third-order valence-corrected chi connectivity index (χ3v) is 6.55. The van der Waals surface area contributed by atoms with Crippen LogP contribution >= 0.6 is 0 Å². The Morgan fingerprint density at radius 1 is 1.14 bits per heavy atom. The van der Waals surface area contributed by atoms with Crippen LogP contribution in [0.4, 0.5) is 13.6 Å². The first-order valence-corrected chi connectivity index (χ1v) is 12.9. The quantitative estimate of drug-likeness (QED) is 0.362. The predicted molar refractivity (Wildman–Crippen MR) is 133 cm³/mol. The lowest BCUT2D eigenvalue weighted by atomic mass is 9.74. The number of aliphatic hydroxyl groups excluding tert-OH is 1. The molecule has 1 aliphatic rings. The highest BCUT2D eigenvalue weighted by Gasteiger charge is 2.53. The molecule has 4 atom stereocenters. The molecule has 2 rings (SSSR count). The molecule has 204 valence electrons. The summed E-state index contributed by atoms with van der Waals surface area (Å²) in [5.74, 6) is -6.03. The highest BCUT2D eigenvalue weighted by molar-refractivity contribution is 5.76. The molecule has 0 spiro atoms. The molecule has 36 heavy (non-hydrogen) atoms. The van der Waals surface area contributed by atoms with Gasteiger partial charge < -0.3 is 25.6 Å². The van der Waals surface area contributed by atoms with Crippen molar-refractivity contribution in [2.75, 3.05) is 0 Å². The number of rotatable bonds is 11. The van der Waals surface area contributed by atoms with E-state index in [0.717, 1.165) is 19.3 Å². The summed E-state index contributed by atoms with van der Waals surface area (Å²) in [6, 6.07) is 5.58. The van der Waals surface area contributed by atoms with Crippen molar-refractivity contribution < 1.29 is 33.0 Å². The van der Waals surface area contributed by atoms with Gasteiger partial charge in [0, 0.05) is 0 Å². The van der Waals surface area contributed by atoms with Crippen molar-refractivity contribution in [2.24, 2.45) is 17.6 Å². The van der Waals surface area contributed by atoms with Crippen molar-refractivity contribution in [1.29, 1.82) is 0 Å². The summed E-state index contributed by atoms with van der Waals surface area (Å²) in [6.07, 6.45) is 0.730. The molecule has 0 radical (unpaired) electrons. The number of aliphatic hydroxyl groups is 1. The number of alkyl halides is 2. The third kappa shape index (κ3) is 8.69. The Morgan fingerprint density at radius 3 is 2.31 bits per heavy atom. The molecule has 7 nitrogen and oxygen atoms in total. The van der Waals surface area contributed by atoms with E-state index < -0.39 is 47.7 Å². The van der Waals surface area contributed by atoms with Crippen LogP contribution in [0.3, 0.4) is 0 Å². The number of halogens is 2. The van der Waals surface area contributed by atoms with Gasteiger partial charge in [-0.05, 0) is 51.5 Å². The molecule has 1 aliphatic carbocycles. The third-order valence-electron chi connectivity index (χ3n) is 6.55. The van der Waals surface area contributed by atoms with E-state index in [2.05, 4.69) is 5.32 Å². The Balaban J connectivity index is 2.38. The minimum Gasteiger partial charge on any atom is -0.460 e. The van der Waals surface area contributed by atoms with Crippen LogP contribution in [-0.4, -0.2) is 46.9 Å². The first-order valence-electron chi connectivity index (χ1n) is 12.9. The van der Waals surface area contributed by atoms with E-state index in [9.17, 15) is 14.7 Å². The molecule has 1 saturated carbocycles. The number of benzene rings is 1. The minimum atomic E-state index is -3.76. The van der Waals surface area contributed by atoms with Crippen LogP contribution in [0.1, 0.15) is 78.2 Å². The summed E-state index contributed by atoms with van der Waals surface area (Å²) in [5.41, 5.74) is 5.58. The number of ether oxygens (including phenoxy) is 2. The van der Waals surface area contributed by atoms with Crippen molar-refractivity contribution in [3.05, 3.63) is 35.9 Å². The highest BCUT2D eigenvalue weighted by Crippen LogP contribution is 2.38. The second-order valence-corrected chi connectivity index (χ2v) is 10.7. The molecule has 0 aliphatic heterocycles. The van der Waals surface area contributed by atoms with Gasteiger partial charge in [0.05, 0.1) is 18.0 Å². The van der Waals surface area contributed by atoms with Crippen LogP contribution in [0.5, 0.6) is 0 Å². The normalized spacial score (nSPS) is 18.6. The summed E-state index contributed by atoms with van der Waals surface area (Å²) >= 11 is 0. The van der Waals surface area contributed by atoms with E-state index in [1.54, 1.807) is 52.0 Å². The number of carbonyl (C=O) groups excluding carboxylic acids is 2. The van der Waals surface area contributed by atoms with E-state index >= 15 is 8.78 Å². The molecule has 1 aromatic carbocycles. The average Bonchev–Trinajstić information content (AvgIpc) is 2.82. The van der Waals surface area contributed by atoms with E-state index in [1.165, 1.54) is 0 Å². The maximum absolute atomic E-state index is 15.4.